The molecule has 0 radical (unpaired) electrons. The Hall–Kier alpha value is -3.33. The molecule has 1 aromatic carbocycles. The molecule has 2 aromatic rings. The van der Waals surface area contributed by atoms with E-state index in [4.69, 9.17) is 18.9 Å². The molecule has 2 aliphatic rings. The van der Waals surface area contributed by atoms with E-state index in [-0.39, 0.29) is 31.3 Å². The Morgan fingerprint density at radius 3 is 2.72 bits per heavy atom. The number of fused-ring (bicyclic) bond motifs is 1. The molecule has 4 rings (SSSR count). The number of piperidine rings is 1. The average molecular weight is 441 g/mol. The molecule has 9 nitrogen and oxygen atoms in total. The summed E-state index contributed by atoms with van der Waals surface area (Å²) in [6, 6.07) is 10.8. The minimum Gasteiger partial charge on any atom is -0.454 e. The number of carbonyl (C=O) groups is 2. The third kappa shape index (κ3) is 5.11. The summed E-state index contributed by atoms with van der Waals surface area (Å²) in [4.78, 5) is 31.3. The van der Waals surface area contributed by atoms with E-state index in [1.165, 1.54) is 0 Å². The number of nitrogens with one attached hydrogen (secondary N) is 1. The van der Waals surface area contributed by atoms with Gasteiger partial charge in [0.15, 0.2) is 11.5 Å². The number of carbonyl (C=O) groups excluding carboxylic acids is 2. The van der Waals surface area contributed by atoms with Crippen LogP contribution in [-0.4, -0.2) is 62.1 Å². The number of likely N-dealkylation sites (tertiary alicyclic amines) is 1. The molecule has 1 atom stereocenters. The van der Waals surface area contributed by atoms with E-state index in [0.717, 1.165) is 11.3 Å². The van der Waals surface area contributed by atoms with Gasteiger partial charge in [0, 0.05) is 32.3 Å². The van der Waals surface area contributed by atoms with E-state index >= 15 is 0 Å². The third-order valence-corrected chi connectivity index (χ3v) is 5.64. The molecule has 3 heterocycles. The molecular weight excluding hydrogens is 414 g/mol. The summed E-state index contributed by atoms with van der Waals surface area (Å²) in [5, 5.41) is 3.15. The van der Waals surface area contributed by atoms with Gasteiger partial charge in [0.1, 0.15) is 6.61 Å². The van der Waals surface area contributed by atoms with E-state index in [0.29, 0.717) is 44.0 Å². The second-order valence-corrected chi connectivity index (χ2v) is 7.68. The fourth-order valence-corrected chi connectivity index (χ4v) is 3.86. The first-order valence-electron chi connectivity index (χ1n) is 10.7. The number of hydrogen-bond acceptors (Lipinski definition) is 7. The number of ether oxygens (including phenoxy) is 4. The van der Waals surface area contributed by atoms with Gasteiger partial charge in [0.25, 0.3) is 0 Å². The number of amides is 2. The largest absolute Gasteiger partial charge is 0.454 e. The lowest BCUT2D eigenvalue weighted by atomic mass is 9.94. The molecule has 1 unspecified atom stereocenters. The number of benzene rings is 1. The predicted octanol–water partition coefficient (Wildman–Crippen LogP) is 2.51. The first-order chi connectivity index (χ1) is 15.7. The van der Waals surface area contributed by atoms with Crippen molar-refractivity contribution in [3.63, 3.8) is 0 Å². The van der Waals surface area contributed by atoms with Crippen LogP contribution in [0, 0.1) is 5.92 Å². The lowest BCUT2D eigenvalue weighted by Crippen LogP contribution is -2.44. The van der Waals surface area contributed by atoms with Crippen molar-refractivity contribution in [1.29, 1.82) is 0 Å². The quantitative estimate of drug-likeness (QED) is 0.659. The minimum atomic E-state index is -0.421. The molecule has 1 fully saturated rings. The van der Waals surface area contributed by atoms with Crippen molar-refractivity contribution in [2.75, 3.05) is 40.2 Å². The summed E-state index contributed by atoms with van der Waals surface area (Å²) in [7, 11) is 1.56. The monoisotopic (exact) mass is 441 g/mol. The van der Waals surface area contributed by atoms with Crippen molar-refractivity contribution < 1.29 is 28.5 Å². The van der Waals surface area contributed by atoms with E-state index in [1.807, 2.05) is 36.4 Å². The van der Waals surface area contributed by atoms with Crippen molar-refractivity contribution in [2.45, 2.75) is 18.9 Å². The summed E-state index contributed by atoms with van der Waals surface area (Å²) in [6.07, 6.45) is 2.48. The van der Waals surface area contributed by atoms with Crippen LogP contribution in [0.1, 0.15) is 30.1 Å². The lowest BCUT2D eigenvalue weighted by molar-refractivity contribution is -0.126. The van der Waals surface area contributed by atoms with E-state index in [9.17, 15) is 9.59 Å². The average Bonchev–Trinajstić information content (AvgIpc) is 3.31. The summed E-state index contributed by atoms with van der Waals surface area (Å²) >= 11 is 0. The Kier molecular flexibility index (Phi) is 7.06. The van der Waals surface area contributed by atoms with Gasteiger partial charge in [-0.25, -0.2) is 4.79 Å². The van der Waals surface area contributed by atoms with Gasteiger partial charge >= 0.3 is 6.09 Å². The van der Waals surface area contributed by atoms with Crippen LogP contribution in [0.15, 0.2) is 42.6 Å². The van der Waals surface area contributed by atoms with Gasteiger partial charge in [-0.3, -0.25) is 9.78 Å². The van der Waals surface area contributed by atoms with E-state index in [1.54, 1.807) is 18.2 Å². The zero-order valence-electron chi connectivity index (χ0n) is 18.0. The molecule has 1 N–H and O–H groups in total. The first-order valence-corrected chi connectivity index (χ1v) is 10.7. The Morgan fingerprint density at radius 2 is 1.97 bits per heavy atom. The van der Waals surface area contributed by atoms with Crippen LogP contribution in [0.4, 0.5) is 4.79 Å². The van der Waals surface area contributed by atoms with Crippen LogP contribution in [0.25, 0.3) is 0 Å². The molecule has 9 heteroatoms. The highest BCUT2D eigenvalue weighted by Gasteiger charge is 2.30. The lowest BCUT2D eigenvalue weighted by Gasteiger charge is -2.31. The van der Waals surface area contributed by atoms with Crippen LogP contribution in [0.3, 0.4) is 0 Å². The zero-order chi connectivity index (χ0) is 22.3. The fourth-order valence-electron chi connectivity index (χ4n) is 3.86. The molecule has 1 aromatic heterocycles. The SMILES string of the molecule is COCCOC(=O)N1CCC(C(=O)NC(c2ccc3c(c2)OCO3)c2ccccn2)CC1. The molecular formula is C23H27N3O6. The topological polar surface area (TPSA) is 99.2 Å². The molecule has 170 valence electrons. The highest BCUT2D eigenvalue weighted by molar-refractivity contribution is 5.80. The summed E-state index contributed by atoms with van der Waals surface area (Å²) in [5.74, 6) is 1.08. The van der Waals surface area contributed by atoms with E-state index < -0.39 is 6.04 Å². The Morgan fingerprint density at radius 1 is 1.16 bits per heavy atom. The van der Waals surface area contributed by atoms with Crippen molar-refractivity contribution >= 4 is 12.0 Å². The number of hydrogen-bond donors (Lipinski definition) is 1. The summed E-state index contributed by atoms with van der Waals surface area (Å²) in [5.41, 5.74) is 1.60. The van der Waals surface area contributed by atoms with Gasteiger partial charge in [-0.05, 0) is 42.7 Å². The molecule has 0 aliphatic carbocycles. The molecule has 1 saturated heterocycles. The molecule has 2 amide bonds. The van der Waals surface area contributed by atoms with Gasteiger partial charge in [-0.1, -0.05) is 12.1 Å². The maximum Gasteiger partial charge on any atom is 0.409 e. The van der Waals surface area contributed by atoms with Gasteiger partial charge in [-0.2, -0.15) is 0 Å². The second kappa shape index (κ2) is 10.3. The van der Waals surface area contributed by atoms with Crippen LogP contribution in [0.2, 0.25) is 0 Å². The maximum atomic E-state index is 13.1. The van der Waals surface area contributed by atoms with Crippen molar-refractivity contribution in [3.05, 3.63) is 53.9 Å². The number of aromatic nitrogens is 1. The van der Waals surface area contributed by atoms with Gasteiger partial charge < -0.3 is 29.2 Å². The third-order valence-electron chi connectivity index (χ3n) is 5.64. The Labute approximate surface area is 186 Å². The number of rotatable bonds is 7. The number of pyridine rings is 1. The van der Waals surface area contributed by atoms with E-state index in [2.05, 4.69) is 10.3 Å². The molecule has 0 spiro atoms. The minimum absolute atomic E-state index is 0.0641. The summed E-state index contributed by atoms with van der Waals surface area (Å²) < 4.78 is 21.0. The standard InChI is InChI=1S/C23H27N3O6/c1-29-12-13-30-23(28)26-10-7-16(8-11-26)22(27)25-21(18-4-2-3-9-24-18)17-5-6-19-20(14-17)32-15-31-19/h2-6,9,14,16,21H,7-8,10-13,15H2,1H3,(H,25,27). The second-order valence-electron chi connectivity index (χ2n) is 7.68. The molecule has 2 aliphatic heterocycles. The van der Waals surface area contributed by atoms with Gasteiger partial charge in [0.2, 0.25) is 12.7 Å². The van der Waals surface area contributed by atoms with Crippen molar-refractivity contribution in [3.8, 4) is 11.5 Å². The fraction of sp³-hybridized carbons (Fsp3) is 0.435. The normalized spacial score (nSPS) is 16.5. The van der Waals surface area contributed by atoms with Crippen molar-refractivity contribution in [1.82, 2.24) is 15.2 Å². The van der Waals surface area contributed by atoms with Gasteiger partial charge in [-0.15, -0.1) is 0 Å². The maximum absolute atomic E-state index is 13.1. The number of methoxy groups -OCH3 is 1. The predicted molar refractivity (Wildman–Crippen MR) is 114 cm³/mol. The van der Waals surface area contributed by atoms with Crippen LogP contribution < -0.4 is 14.8 Å². The Bertz CT molecular complexity index is 931. The molecule has 0 bridgehead atoms. The first kappa shape index (κ1) is 21.9. The highest BCUT2D eigenvalue weighted by atomic mass is 16.7. The van der Waals surface area contributed by atoms with Gasteiger partial charge in [0.05, 0.1) is 18.3 Å². The number of nitrogens with zero attached hydrogens (tertiary/aromatic N) is 2. The Balaban J connectivity index is 1.41. The molecule has 0 saturated carbocycles. The highest BCUT2D eigenvalue weighted by Crippen LogP contribution is 2.35. The summed E-state index contributed by atoms with van der Waals surface area (Å²) in [6.45, 7) is 1.71. The van der Waals surface area contributed by atoms with Crippen LogP contribution in [0.5, 0.6) is 11.5 Å². The zero-order valence-corrected chi connectivity index (χ0v) is 18.0. The smallest absolute Gasteiger partial charge is 0.409 e. The molecule has 32 heavy (non-hydrogen) atoms. The van der Waals surface area contributed by atoms with Crippen LogP contribution in [-0.2, 0) is 14.3 Å². The van der Waals surface area contributed by atoms with Crippen LogP contribution >= 0.6 is 0 Å². The van der Waals surface area contributed by atoms with Crippen molar-refractivity contribution in [2.24, 2.45) is 5.92 Å².